The number of hydrogen-bond donors (Lipinski definition) is 0. The minimum atomic E-state index is 0.613. The van der Waals surface area contributed by atoms with E-state index in [0.29, 0.717) is 5.95 Å². The summed E-state index contributed by atoms with van der Waals surface area (Å²) in [4.78, 5) is 18.1. The Morgan fingerprint density at radius 3 is 1.73 bits per heavy atom. The summed E-state index contributed by atoms with van der Waals surface area (Å²) in [5.74, 6) is 0.613. The average Bonchev–Trinajstić information content (AvgIpc) is 3.56. The van der Waals surface area contributed by atoms with Gasteiger partial charge in [-0.3, -0.25) is 4.90 Å². The fraction of sp³-hybridized carbons (Fsp3) is 0. The summed E-state index contributed by atoms with van der Waals surface area (Å²) in [6.45, 7) is 0. The number of aromatic nitrogens is 4. The van der Waals surface area contributed by atoms with Crippen LogP contribution in [0.15, 0.2) is 176 Å². The van der Waals surface area contributed by atoms with E-state index in [2.05, 4.69) is 179 Å². The van der Waals surface area contributed by atoms with Gasteiger partial charge in [-0.2, -0.15) is 0 Å². The van der Waals surface area contributed by atoms with Crippen molar-refractivity contribution in [2.75, 3.05) is 4.90 Å². The van der Waals surface area contributed by atoms with Gasteiger partial charge in [0.2, 0.25) is 5.95 Å². The van der Waals surface area contributed by atoms with Gasteiger partial charge in [-0.1, -0.05) is 127 Å². The van der Waals surface area contributed by atoms with Gasteiger partial charge in [0.15, 0.2) is 0 Å². The molecule has 1 aliphatic heterocycles. The number of benzene rings is 7. The molecule has 10 aromatic rings. The highest BCUT2D eigenvalue weighted by atomic mass is 15.3. The molecule has 0 spiro atoms. The normalized spacial score (nSPS) is 12.2. The highest BCUT2D eigenvalue weighted by Crippen LogP contribution is 2.51. The van der Waals surface area contributed by atoms with Crippen molar-refractivity contribution in [3.05, 3.63) is 176 Å². The molecule has 0 saturated carbocycles. The number of rotatable bonds is 4. The van der Waals surface area contributed by atoms with E-state index in [1.54, 1.807) is 0 Å². The molecule has 3 aromatic heterocycles. The largest absolute Gasteiger partial charge is 0.309 e. The standard InChI is InChI=1S/C47H29N5/c1-2-13-30(14-3-1)39-29-40(31-25-27-32(28-26-31)51-41-21-9-5-16-34(41)35-17-6-10-22-42(35)51)50-47(49-39)52-43-23-11-7-18-37(43)46-45-36(19-12-24-44(45)52)33-15-4-8-20-38(33)48-46/h1-29H. The summed E-state index contributed by atoms with van der Waals surface area (Å²) >= 11 is 0. The Kier molecular flexibility index (Phi) is 6.18. The van der Waals surface area contributed by atoms with Crippen molar-refractivity contribution in [3.63, 3.8) is 0 Å². The van der Waals surface area contributed by atoms with E-state index < -0.39 is 0 Å². The first-order valence-corrected chi connectivity index (χ1v) is 17.5. The van der Waals surface area contributed by atoms with Gasteiger partial charge >= 0.3 is 0 Å². The predicted octanol–water partition coefficient (Wildman–Crippen LogP) is 12.1. The van der Waals surface area contributed by atoms with Crippen LogP contribution in [0, 0.1) is 0 Å². The SMILES string of the molecule is c1ccc(-c2cc(-c3ccc(-n4c5ccccc5c5ccccc54)cc3)nc(N3c4ccccc4-c4nc5ccccc5c5cccc3c45)n2)cc1. The fourth-order valence-corrected chi connectivity index (χ4v) is 8.01. The van der Waals surface area contributed by atoms with Gasteiger partial charge in [0, 0.05) is 43.9 Å². The Balaban J connectivity index is 1.12. The Labute approximate surface area is 299 Å². The maximum atomic E-state index is 5.35. The topological polar surface area (TPSA) is 46.8 Å². The van der Waals surface area contributed by atoms with Gasteiger partial charge < -0.3 is 4.57 Å². The molecule has 0 bridgehead atoms. The second-order valence-corrected chi connectivity index (χ2v) is 13.3. The Bertz CT molecular complexity index is 2960. The van der Waals surface area contributed by atoms with E-state index in [9.17, 15) is 0 Å². The second kappa shape index (κ2) is 11.2. The summed E-state index contributed by atoms with van der Waals surface area (Å²) in [7, 11) is 0. The second-order valence-electron chi connectivity index (χ2n) is 13.3. The lowest BCUT2D eigenvalue weighted by Gasteiger charge is -2.32. The predicted molar refractivity (Wildman–Crippen MR) is 214 cm³/mol. The summed E-state index contributed by atoms with van der Waals surface area (Å²) in [6, 6.07) is 61.8. The first-order chi connectivity index (χ1) is 25.8. The van der Waals surface area contributed by atoms with Crippen LogP contribution in [0.1, 0.15) is 0 Å². The van der Waals surface area contributed by atoms with Gasteiger partial charge in [-0.15, -0.1) is 0 Å². The van der Waals surface area contributed by atoms with E-state index in [4.69, 9.17) is 15.0 Å². The summed E-state index contributed by atoms with van der Waals surface area (Å²) in [5, 5.41) is 5.89. The minimum absolute atomic E-state index is 0.613. The first-order valence-electron chi connectivity index (χ1n) is 17.5. The van der Waals surface area contributed by atoms with Crippen LogP contribution >= 0.6 is 0 Å². The van der Waals surface area contributed by atoms with Crippen molar-refractivity contribution in [1.29, 1.82) is 0 Å². The zero-order valence-electron chi connectivity index (χ0n) is 28.0. The van der Waals surface area contributed by atoms with Crippen LogP contribution in [0.4, 0.5) is 17.3 Å². The van der Waals surface area contributed by atoms with Crippen LogP contribution in [0.25, 0.3) is 82.9 Å². The molecule has 11 rings (SSSR count). The molecular formula is C47H29N5. The van der Waals surface area contributed by atoms with Gasteiger partial charge in [0.1, 0.15) is 0 Å². The van der Waals surface area contributed by atoms with E-state index in [1.807, 2.05) is 6.07 Å². The molecule has 1 aliphatic rings. The molecule has 4 heterocycles. The Morgan fingerprint density at radius 2 is 0.981 bits per heavy atom. The van der Waals surface area contributed by atoms with Crippen molar-refractivity contribution in [2.45, 2.75) is 0 Å². The van der Waals surface area contributed by atoms with Crippen LogP contribution < -0.4 is 4.90 Å². The van der Waals surface area contributed by atoms with Crippen molar-refractivity contribution in [3.8, 4) is 39.5 Å². The number of pyridine rings is 1. The van der Waals surface area contributed by atoms with Gasteiger partial charge in [-0.25, -0.2) is 15.0 Å². The van der Waals surface area contributed by atoms with Crippen LogP contribution in [0.3, 0.4) is 0 Å². The zero-order chi connectivity index (χ0) is 34.2. The summed E-state index contributed by atoms with van der Waals surface area (Å²) in [5.41, 5.74) is 12.3. The molecule has 52 heavy (non-hydrogen) atoms. The Morgan fingerprint density at radius 1 is 0.404 bits per heavy atom. The molecule has 0 fully saturated rings. The molecule has 0 unspecified atom stereocenters. The maximum absolute atomic E-state index is 5.35. The molecule has 5 nitrogen and oxygen atoms in total. The highest BCUT2D eigenvalue weighted by Gasteiger charge is 2.30. The number of nitrogens with zero attached hydrogens (tertiary/aromatic N) is 5. The average molecular weight is 664 g/mol. The van der Waals surface area contributed by atoms with Crippen LogP contribution in [-0.4, -0.2) is 19.5 Å². The molecule has 0 atom stereocenters. The number of hydrogen-bond acceptors (Lipinski definition) is 4. The van der Waals surface area contributed by atoms with Gasteiger partial charge in [0.05, 0.1) is 45.0 Å². The van der Waals surface area contributed by atoms with E-state index in [-0.39, 0.29) is 0 Å². The molecule has 0 N–H and O–H groups in total. The lowest BCUT2D eigenvalue weighted by molar-refractivity contribution is 1.09. The molecule has 5 heteroatoms. The molecule has 242 valence electrons. The molecular weight excluding hydrogens is 635 g/mol. The third-order valence-electron chi connectivity index (χ3n) is 10.3. The molecule has 0 saturated heterocycles. The summed E-state index contributed by atoms with van der Waals surface area (Å²) in [6.07, 6.45) is 0. The number of fused-ring (bicyclic) bond motifs is 7. The highest BCUT2D eigenvalue weighted by molar-refractivity contribution is 6.20. The first kappa shape index (κ1) is 28.7. The lowest BCUT2D eigenvalue weighted by Crippen LogP contribution is -2.18. The van der Waals surface area contributed by atoms with Crippen LogP contribution in [-0.2, 0) is 0 Å². The third kappa shape index (κ3) is 4.26. The van der Waals surface area contributed by atoms with E-state index >= 15 is 0 Å². The van der Waals surface area contributed by atoms with Crippen LogP contribution in [0.5, 0.6) is 0 Å². The lowest BCUT2D eigenvalue weighted by atomic mass is 9.93. The smallest absolute Gasteiger partial charge is 0.235 e. The van der Waals surface area contributed by atoms with Crippen LogP contribution in [0.2, 0.25) is 0 Å². The molecule has 7 aromatic carbocycles. The van der Waals surface area contributed by atoms with Crippen molar-refractivity contribution in [1.82, 2.24) is 19.5 Å². The molecule has 0 radical (unpaired) electrons. The third-order valence-corrected chi connectivity index (χ3v) is 10.3. The van der Waals surface area contributed by atoms with E-state index in [0.717, 1.165) is 72.5 Å². The number of anilines is 3. The minimum Gasteiger partial charge on any atom is -0.309 e. The van der Waals surface area contributed by atoms with Gasteiger partial charge in [0.25, 0.3) is 0 Å². The fourth-order valence-electron chi connectivity index (χ4n) is 8.01. The maximum Gasteiger partial charge on any atom is 0.235 e. The quantitative estimate of drug-likeness (QED) is 0.176. The zero-order valence-corrected chi connectivity index (χ0v) is 28.0. The van der Waals surface area contributed by atoms with Gasteiger partial charge in [-0.05, 0) is 53.9 Å². The monoisotopic (exact) mass is 663 g/mol. The van der Waals surface area contributed by atoms with Crippen molar-refractivity contribution >= 4 is 60.8 Å². The van der Waals surface area contributed by atoms with E-state index in [1.165, 1.54) is 21.8 Å². The van der Waals surface area contributed by atoms with Crippen molar-refractivity contribution in [2.24, 2.45) is 0 Å². The van der Waals surface area contributed by atoms with Crippen molar-refractivity contribution < 1.29 is 0 Å². The Hall–Kier alpha value is -7.11. The number of para-hydroxylation sites is 4. The molecule has 0 aliphatic carbocycles. The molecule has 0 amide bonds. The summed E-state index contributed by atoms with van der Waals surface area (Å²) < 4.78 is 2.34.